The van der Waals surface area contributed by atoms with Crippen LogP contribution in [0.1, 0.15) is 72.6 Å². The fourth-order valence-corrected chi connectivity index (χ4v) is 4.35. The first-order valence-corrected chi connectivity index (χ1v) is 8.93. The summed E-state index contributed by atoms with van der Waals surface area (Å²) in [6.45, 7) is 9.48. The van der Waals surface area contributed by atoms with Crippen molar-refractivity contribution >= 4 is 11.8 Å². The van der Waals surface area contributed by atoms with Crippen LogP contribution in [0.5, 0.6) is 0 Å². The molecule has 0 saturated heterocycles. The fraction of sp³-hybridized carbons (Fsp3) is 1.00. The van der Waals surface area contributed by atoms with Gasteiger partial charge >= 0.3 is 0 Å². The van der Waals surface area contributed by atoms with E-state index in [1.54, 1.807) is 0 Å². The molecule has 2 N–H and O–H groups in total. The Morgan fingerprint density at radius 2 is 1.89 bits per heavy atom. The molecule has 0 aliphatic heterocycles. The normalized spacial score (nSPS) is 29.5. The van der Waals surface area contributed by atoms with Gasteiger partial charge in [-0.25, -0.2) is 0 Å². The van der Waals surface area contributed by atoms with Crippen LogP contribution in [-0.2, 0) is 0 Å². The molecule has 1 aliphatic carbocycles. The van der Waals surface area contributed by atoms with Crippen molar-refractivity contribution in [2.45, 2.75) is 83.9 Å². The Bertz CT molecular complexity index is 227. The average molecular weight is 272 g/mol. The highest BCUT2D eigenvalue weighted by Gasteiger charge is 2.35. The molecular weight excluding hydrogens is 238 g/mol. The molecular formula is C16H33NS. The number of hydrogen-bond acceptors (Lipinski definition) is 2. The minimum atomic E-state index is 0.445. The summed E-state index contributed by atoms with van der Waals surface area (Å²) in [5, 5.41) is 0.714. The molecule has 3 unspecified atom stereocenters. The Balaban J connectivity index is 2.41. The van der Waals surface area contributed by atoms with E-state index < -0.39 is 0 Å². The van der Waals surface area contributed by atoms with Gasteiger partial charge in [-0.2, -0.15) is 11.8 Å². The smallest absolute Gasteiger partial charge is 0.0201 e. The molecule has 0 aromatic heterocycles. The summed E-state index contributed by atoms with van der Waals surface area (Å²) in [6, 6.07) is 0.445. The zero-order valence-electron chi connectivity index (χ0n) is 12.9. The third-order valence-electron chi connectivity index (χ3n) is 4.94. The van der Waals surface area contributed by atoms with E-state index in [4.69, 9.17) is 5.73 Å². The average Bonchev–Trinajstić information content (AvgIpc) is 2.36. The maximum absolute atomic E-state index is 6.32. The summed E-state index contributed by atoms with van der Waals surface area (Å²) in [5.74, 6) is 2.19. The topological polar surface area (TPSA) is 26.0 Å². The van der Waals surface area contributed by atoms with Crippen molar-refractivity contribution in [1.29, 1.82) is 0 Å². The Labute approximate surface area is 119 Å². The van der Waals surface area contributed by atoms with Crippen LogP contribution in [-0.4, -0.2) is 17.0 Å². The number of unbranched alkanes of at least 4 members (excludes halogenated alkanes) is 2. The van der Waals surface area contributed by atoms with Gasteiger partial charge in [0.05, 0.1) is 0 Å². The summed E-state index contributed by atoms with van der Waals surface area (Å²) in [6.07, 6.45) is 9.28. The third-order valence-corrected chi connectivity index (χ3v) is 6.43. The van der Waals surface area contributed by atoms with Gasteiger partial charge in [0.1, 0.15) is 0 Å². The fourth-order valence-electron chi connectivity index (χ4n) is 2.93. The Kier molecular flexibility index (Phi) is 7.08. The Morgan fingerprint density at radius 1 is 1.17 bits per heavy atom. The molecule has 3 atom stereocenters. The second kappa shape index (κ2) is 7.79. The molecule has 2 heteroatoms. The second-order valence-electron chi connectivity index (χ2n) is 6.63. The van der Waals surface area contributed by atoms with Crippen LogP contribution in [0.3, 0.4) is 0 Å². The molecule has 1 aliphatic rings. The van der Waals surface area contributed by atoms with Crippen molar-refractivity contribution in [2.75, 3.05) is 5.75 Å². The molecule has 1 fully saturated rings. The number of hydrogen-bond donors (Lipinski definition) is 1. The second-order valence-corrected chi connectivity index (χ2v) is 7.98. The standard InChI is InChI=1S/C16H33NS/c1-5-7-8-11-18-15-12-13(9-10-14(15)17)16(3,4)6-2/h13-15H,5-12,17H2,1-4H3. The summed E-state index contributed by atoms with van der Waals surface area (Å²) in [5.41, 5.74) is 6.82. The van der Waals surface area contributed by atoms with Crippen molar-refractivity contribution in [2.24, 2.45) is 17.1 Å². The molecule has 1 saturated carbocycles. The van der Waals surface area contributed by atoms with Gasteiger partial charge in [0.2, 0.25) is 0 Å². The summed E-state index contributed by atoms with van der Waals surface area (Å²) in [4.78, 5) is 0. The third kappa shape index (κ3) is 4.77. The van der Waals surface area contributed by atoms with E-state index in [9.17, 15) is 0 Å². The first-order chi connectivity index (χ1) is 8.51. The van der Waals surface area contributed by atoms with Crippen molar-refractivity contribution in [3.05, 3.63) is 0 Å². The van der Waals surface area contributed by atoms with Gasteiger partial charge < -0.3 is 5.73 Å². The van der Waals surface area contributed by atoms with Crippen molar-refractivity contribution in [3.63, 3.8) is 0 Å². The quantitative estimate of drug-likeness (QED) is 0.670. The van der Waals surface area contributed by atoms with Gasteiger partial charge in [-0.1, -0.05) is 47.0 Å². The van der Waals surface area contributed by atoms with Gasteiger partial charge in [-0.15, -0.1) is 0 Å². The van der Waals surface area contributed by atoms with Crippen LogP contribution < -0.4 is 5.73 Å². The zero-order chi connectivity index (χ0) is 13.6. The maximum atomic E-state index is 6.32. The van der Waals surface area contributed by atoms with E-state index in [1.165, 1.54) is 50.7 Å². The van der Waals surface area contributed by atoms with Crippen molar-refractivity contribution in [3.8, 4) is 0 Å². The highest BCUT2D eigenvalue weighted by atomic mass is 32.2. The molecule has 0 amide bonds. The van der Waals surface area contributed by atoms with Gasteiger partial charge in [0.25, 0.3) is 0 Å². The molecule has 0 aromatic carbocycles. The molecule has 0 aromatic rings. The zero-order valence-corrected chi connectivity index (χ0v) is 13.7. The van der Waals surface area contributed by atoms with Gasteiger partial charge in [0.15, 0.2) is 0 Å². The lowest BCUT2D eigenvalue weighted by Crippen LogP contribution is -2.42. The van der Waals surface area contributed by atoms with Gasteiger partial charge in [0, 0.05) is 11.3 Å². The van der Waals surface area contributed by atoms with E-state index in [0.29, 0.717) is 16.7 Å². The van der Waals surface area contributed by atoms with E-state index in [2.05, 4.69) is 39.5 Å². The lowest BCUT2D eigenvalue weighted by atomic mass is 9.69. The van der Waals surface area contributed by atoms with Crippen molar-refractivity contribution in [1.82, 2.24) is 0 Å². The Hall–Kier alpha value is 0.310. The number of nitrogens with two attached hydrogens (primary N) is 1. The van der Waals surface area contributed by atoms with Gasteiger partial charge in [-0.3, -0.25) is 0 Å². The Morgan fingerprint density at radius 3 is 2.50 bits per heavy atom. The van der Waals surface area contributed by atoms with Crippen LogP contribution in [0.2, 0.25) is 0 Å². The van der Waals surface area contributed by atoms with E-state index in [1.807, 2.05) is 0 Å². The summed E-state index contributed by atoms with van der Waals surface area (Å²) >= 11 is 2.15. The maximum Gasteiger partial charge on any atom is 0.0201 e. The first kappa shape index (κ1) is 16.4. The van der Waals surface area contributed by atoms with E-state index in [-0.39, 0.29) is 0 Å². The number of thioether (sulfide) groups is 1. The molecule has 0 heterocycles. The van der Waals surface area contributed by atoms with E-state index in [0.717, 1.165) is 5.92 Å². The first-order valence-electron chi connectivity index (χ1n) is 7.88. The molecule has 0 radical (unpaired) electrons. The lowest BCUT2D eigenvalue weighted by Gasteiger charge is -2.42. The monoisotopic (exact) mass is 271 g/mol. The summed E-state index contributed by atoms with van der Waals surface area (Å²) < 4.78 is 0. The molecule has 0 spiro atoms. The molecule has 108 valence electrons. The minimum absolute atomic E-state index is 0.445. The minimum Gasteiger partial charge on any atom is -0.327 e. The highest BCUT2D eigenvalue weighted by molar-refractivity contribution is 7.99. The number of rotatable bonds is 7. The van der Waals surface area contributed by atoms with Crippen LogP contribution in [0.25, 0.3) is 0 Å². The molecule has 1 rings (SSSR count). The largest absolute Gasteiger partial charge is 0.327 e. The lowest BCUT2D eigenvalue weighted by molar-refractivity contribution is 0.148. The van der Waals surface area contributed by atoms with Crippen LogP contribution >= 0.6 is 11.8 Å². The predicted octanol–water partition coefficient (Wildman–Crippen LogP) is 4.84. The molecule has 0 bridgehead atoms. The molecule has 18 heavy (non-hydrogen) atoms. The van der Waals surface area contributed by atoms with Crippen LogP contribution in [0.4, 0.5) is 0 Å². The predicted molar refractivity (Wildman–Crippen MR) is 85.2 cm³/mol. The van der Waals surface area contributed by atoms with Crippen LogP contribution in [0.15, 0.2) is 0 Å². The SMILES string of the molecule is CCCCCSC1CC(C(C)(C)CC)CCC1N. The van der Waals surface area contributed by atoms with Crippen molar-refractivity contribution < 1.29 is 0 Å². The van der Waals surface area contributed by atoms with Crippen LogP contribution in [0, 0.1) is 11.3 Å². The van der Waals surface area contributed by atoms with E-state index >= 15 is 0 Å². The summed E-state index contributed by atoms with van der Waals surface area (Å²) in [7, 11) is 0. The van der Waals surface area contributed by atoms with Gasteiger partial charge in [-0.05, 0) is 42.8 Å². The molecule has 1 nitrogen and oxygen atoms in total. The highest BCUT2D eigenvalue weighted by Crippen LogP contribution is 2.43.